The summed E-state index contributed by atoms with van der Waals surface area (Å²) >= 11 is 0. The Balaban J connectivity index is 2.48. The van der Waals surface area contributed by atoms with Crippen LogP contribution in [0.25, 0.3) is 11.4 Å². The van der Waals surface area contributed by atoms with Crippen molar-refractivity contribution >= 4 is 0 Å². The minimum absolute atomic E-state index is 0.0752. The summed E-state index contributed by atoms with van der Waals surface area (Å²) in [7, 11) is 0. The number of hydrogen-bond acceptors (Lipinski definition) is 2. The molecule has 0 saturated heterocycles. The molecule has 0 radical (unpaired) electrons. The van der Waals surface area contributed by atoms with Gasteiger partial charge in [0.1, 0.15) is 0 Å². The summed E-state index contributed by atoms with van der Waals surface area (Å²) in [6, 6.07) is 9.68. The van der Waals surface area contributed by atoms with E-state index in [-0.39, 0.29) is 11.7 Å². The van der Waals surface area contributed by atoms with Gasteiger partial charge in [0.15, 0.2) is 5.82 Å². The predicted molar refractivity (Wildman–Crippen MR) is 58.7 cm³/mol. The first-order valence-electron chi connectivity index (χ1n) is 4.92. The highest BCUT2D eigenvalue weighted by atomic mass is 16.2. The van der Waals surface area contributed by atoms with E-state index >= 15 is 0 Å². The van der Waals surface area contributed by atoms with Crippen molar-refractivity contribution in [3.8, 4) is 11.4 Å². The molecule has 0 atom stereocenters. The second-order valence-corrected chi connectivity index (χ2v) is 3.68. The highest BCUT2D eigenvalue weighted by molar-refractivity contribution is 5.53. The standard InChI is InChI=1S/C11H13N3O/c1-8(2)14-11(15)12-10(13-14)9-6-4-3-5-7-9/h3-8H,1-2H3,(H,12,13,15). The van der Waals surface area contributed by atoms with Crippen LogP contribution in [0, 0.1) is 0 Å². The van der Waals surface area contributed by atoms with Gasteiger partial charge in [-0.25, -0.2) is 9.48 Å². The average Bonchev–Trinajstić information content (AvgIpc) is 2.62. The smallest absolute Gasteiger partial charge is 0.289 e. The first-order chi connectivity index (χ1) is 7.18. The van der Waals surface area contributed by atoms with Gasteiger partial charge in [0, 0.05) is 5.56 Å². The van der Waals surface area contributed by atoms with E-state index in [1.165, 1.54) is 4.68 Å². The molecular formula is C11H13N3O. The number of rotatable bonds is 2. The van der Waals surface area contributed by atoms with E-state index in [4.69, 9.17) is 0 Å². The molecule has 1 N–H and O–H groups in total. The van der Waals surface area contributed by atoms with Gasteiger partial charge < -0.3 is 0 Å². The normalized spacial score (nSPS) is 10.9. The van der Waals surface area contributed by atoms with E-state index in [2.05, 4.69) is 10.1 Å². The van der Waals surface area contributed by atoms with E-state index in [9.17, 15) is 4.79 Å². The van der Waals surface area contributed by atoms with Crippen molar-refractivity contribution in [1.29, 1.82) is 0 Å². The molecule has 1 heterocycles. The van der Waals surface area contributed by atoms with Gasteiger partial charge in [-0.1, -0.05) is 30.3 Å². The Bertz CT molecular complexity index is 496. The Morgan fingerprint density at radius 1 is 1.27 bits per heavy atom. The number of nitrogens with one attached hydrogen (secondary N) is 1. The molecule has 4 nitrogen and oxygen atoms in total. The van der Waals surface area contributed by atoms with Crippen molar-refractivity contribution in [2.24, 2.45) is 0 Å². The number of benzene rings is 1. The molecule has 2 aromatic rings. The van der Waals surface area contributed by atoms with E-state index in [0.29, 0.717) is 5.82 Å². The molecule has 0 aliphatic rings. The molecule has 1 aromatic carbocycles. The largest absolute Gasteiger partial charge is 0.343 e. The van der Waals surface area contributed by atoms with Crippen molar-refractivity contribution in [3.63, 3.8) is 0 Å². The average molecular weight is 203 g/mol. The van der Waals surface area contributed by atoms with E-state index in [1.54, 1.807) is 0 Å². The molecule has 0 amide bonds. The Morgan fingerprint density at radius 2 is 1.93 bits per heavy atom. The lowest BCUT2D eigenvalue weighted by Crippen LogP contribution is -2.19. The second-order valence-electron chi connectivity index (χ2n) is 3.68. The minimum Gasteiger partial charge on any atom is -0.289 e. The van der Waals surface area contributed by atoms with Crippen molar-refractivity contribution in [1.82, 2.24) is 14.8 Å². The molecular weight excluding hydrogens is 190 g/mol. The molecule has 0 saturated carbocycles. The summed E-state index contributed by atoms with van der Waals surface area (Å²) < 4.78 is 1.45. The second kappa shape index (κ2) is 3.73. The Labute approximate surface area is 87.6 Å². The van der Waals surface area contributed by atoms with Gasteiger partial charge in [-0.15, -0.1) is 5.10 Å². The van der Waals surface area contributed by atoms with Crippen molar-refractivity contribution in [3.05, 3.63) is 40.8 Å². The quantitative estimate of drug-likeness (QED) is 0.809. The van der Waals surface area contributed by atoms with Crippen molar-refractivity contribution in [2.75, 3.05) is 0 Å². The van der Waals surface area contributed by atoms with E-state index in [0.717, 1.165) is 5.56 Å². The molecule has 0 aliphatic carbocycles. The van der Waals surface area contributed by atoms with Crippen LogP contribution < -0.4 is 5.69 Å². The summed E-state index contributed by atoms with van der Waals surface area (Å²) in [5, 5.41) is 4.23. The molecule has 1 aromatic heterocycles. The van der Waals surface area contributed by atoms with Gasteiger partial charge in [-0.05, 0) is 13.8 Å². The van der Waals surface area contributed by atoms with Crippen LogP contribution in [0.4, 0.5) is 0 Å². The fraction of sp³-hybridized carbons (Fsp3) is 0.273. The third-order valence-corrected chi connectivity index (χ3v) is 2.18. The zero-order valence-electron chi connectivity index (χ0n) is 8.77. The predicted octanol–water partition coefficient (Wildman–Crippen LogP) is 1.82. The summed E-state index contributed by atoms with van der Waals surface area (Å²) in [6.45, 7) is 3.86. The van der Waals surface area contributed by atoms with Crippen LogP contribution >= 0.6 is 0 Å². The van der Waals surface area contributed by atoms with Crippen molar-refractivity contribution in [2.45, 2.75) is 19.9 Å². The number of aromatic nitrogens is 3. The zero-order valence-corrected chi connectivity index (χ0v) is 8.77. The van der Waals surface area contributed by atoms with Crippen LogP contribution in [0.5, 0.6) is 0 Å². The molecule has 4 heteroatoms. The topological polar surface area (TPSA) is 50.7 Å². The molecule has 78 valence electrons. The Kier molecular flexibility index (Phi) is 2.41. The fourth-order valence-corrected chi connectivity index (χ4v) is 1.41. The van der Waals surface area contributed by atoms with Gasteiger partial charge in [0.2, 0.25) is 0 Å². The molecule has 15 heavy (non-hydrogen) atoms. The van der Waals surface area contributed by atoms with Crippen molar-refractivity contribution < 1.29 is 0 Å². The molecule has 0 bridgehead atoms. The summed E-state index contributed by atoms with van der Waals surface area (Å²) in [5.74, 6) is 0.620. The zero-order chi connectivity index (χ0) is 10.8. The molecule has 2 rings (SSSR count). The highest BCUT2D eigenvalue weighted by Gasteiger charge is 2.08. The summed E-state index contributed by atoms with van der Waals surface area (Å²) in [6.07, 6.45) is 0. The number of hydrogen-bond donors (Lipinski definition) is 1. The van der Waals surface area contributed by atoms with Crippen LogP contribution in [0.1, 0.15) is 19.9 Å². The maximum Gasteiger partial charge on any atom is 0.343 e. The van der Waals surface area contributed by atoms with Gasteiger partial charge in [0.05, 0.1) is 6.04 Å². The lowest BCUT2D eigenvalue weighted by atomic mass is 10.2. The van der Waals surface area contributed by atoms with Crippen LogP contribution in [0.3, 0.4) is 0 Å². The lowest BCUT2D eigenvalue weighted by Gasteiger charge is -2.00. The molecule has 0 aliphatic heterocycles. The Hall–Kier alpha value is -1.84. The van der Waals surface area contributed by atoms with Crippen LogP contribution in [0.15, 0.2) is 35.1 Å². The first-order valence-corrected chi connectivity index (χ1v) is 4.92. The van der Waals surface area contributed by atoms with Gasteiger partial charge in [-0.2, -0.15) is 0 Å². The number of H-pyrrole nitrogens is 1. The van der Waals surface area contributed by atoms with Gasteiger partial charge in [0.25, 0.3) is 0 Å². The van der Waals surface area contributed by atoms with E-state index in [1.807, 2.05) is 44.2 Å². The maximum atomic E-state index is 11.5. The third kappa shape index (κ3) is 1.83. The highest BCUT2D eigenvalue weighted by Crippen LogP contribution is 2.12. The van der Waals surface area contributed by atoms with E-state index < -0.39 is 0 Å². The lowest BCUT2D eigenvalue weighted by molar-refractivity contribution is 0.515. The van der Waals surface area contributed by atoms with Crippen LogP contribution in [0.2, 0.25) is 0 Å². The minimum atomic E-state index is -0.163. The van der Waals surface area contributed by atoms with Crippen LogP contribution in [-0.2, 0) is 0 Å². The third-order valence-electron chi connectivity index (χ3n) is 2.18. The summed E-state index contributed by atoms with van der Waals surface area (Å²) in [5.41, 5.74) is 0.762. The Morgan fingerprint density at radius 3 is 2.47 bits per heavy atom. The number of nitrogens with zero attached hydrogens (tertiary/aromatic N) is 2. The van der Waals surface area contributed by atoms with Gasteiger partial charge >= 0.3 is 5.69 Å². The van der Waals surface area contributed by atoms with Crippen LogP contribution in [-0.4, -0.2) is 14.8 Å². The summed E-state index contributed by atoms with van der Waals surface area (Å²) in [4.78, 5) is 14.2. The number of aromatic amines is 1. The monoisotopic (exact) mass is 203 g/mol. The maximum absolute atomic E-state index is 11.5. The molecule has 0 fully saturated rings. The molecule has 0 spiro atoms. The SMILES string of the molecule is CC(C)n1nc(-c2ccccc2)[nH]c1=O. The fourth-order valence-electron chi connectivity index (χ4n) is 1.41. The molecule has 0 unspecified atom stereocenters. The first kappa shape index (κ1) is 9.71. The van der Waals surface area contributed by atoms with Gasteiger partial charge in [-0.3, -0.25) is 4.98 Å².